The SMILES string of the molecule is CC(=O)NC[C@H]1CN(c2ccc(-c3ccc(Cn4cc(CO)nn4)cc3)c(F)c2)C(=O)O1.[HH]. The molecule has 1 fully saturated rings. The third kappa shape index (κ3) is 4.75. The molecule has 0 spiro atoms. The molecule has 1 aliphatic heterocycles. The Bertz CT molecular complexity index is 1140. The number of carbonyl (C=O) groups excluding carboxylic acids is 2. The second kappa shape index (κ2) is 9.15. The molecule has 2 N–H and O–H groups in total. The van der Waals surface area contributed by atoms with Crippen molar-refractivity contribution in [1.29, 1.82) is 0 Å². The first-order valence-corrected chi connectivity index (χ1v) is 10.0. The van der Waals surface area contributed by atoms with E-state index in [9.17, 15) is 14.0 Å². The van der Waals surface area contributed by atoms with E-state index in [0.717, 1.165) is 5.56 Å². The Kier molecular flexibility index (Phi) is 6.13. The van der Waals surface area contributed by atoms with Crippen LogP contribution in [0.15, 0.2) is 48.7 Å². The molecule has 1 aliphatic rings. The molecular formula is C22H24FN5O4. The Morgan fingerprint density at radius 1 is 1.31 bits per heavy atom. The zero-order valence-electron chi connectivity index (χ0n) is 17.4. The van der Waals surface area contributed by atoms with Crippen molar-refractivity contribution in [2.45, 2.75) is 26.2 Å². The lowest BCUT2D eigenvalue weighted by molar-refractivity contribution is -0.119. The molecule has 0 radical (unpaired) electrons. The van der Waals surface area contributed by atoms with Crippen molar-refractivity contribution in [2.24, 2.45) is 0 Å². The number of cyclic esters (lactones) is 1. The van der Waals surface area contributed by atoms with Gasteiger partial charge in [0.2, 0.25) is 5.91 Å². The van der Waals surface area contributed by atoms with E-state index in [1.54, 1.807) is 23.0 Å². The van der Waals surface area contributed by atoms with Gasteiger partial charge in [0.05, 0.1) is 38.1 Å². The molecule has 0 aliphatic carbocycles. The molecule has 2 heterocycles. The summed E-state index contributed by atoms with van der Waals surface area (Å²) in [6, 6.07) is 12.0. The van der Waals surface area contributed by atoms with E-state index in [1.807, 2.05) is 24.3 Å². The van der Waals surface area contributed by atoms with Crippen LogP contribution in [0.2, 0.25) is 0 Å². The van der Waals surface area contributed by atoms with Crippen LogP contribution in [-0.4, -0.2) is 51.3 Å². The number of aliphatic hydroxyl groups excluding tert-OH is 1. The second-order valence-electron chi connectivity index (χ2n) is 7.48. The standard InChI is InChI=1S/C22H22FN5O4.H2/c1-14(30)24-9-19-12-28(22(31)32-19)18-6-7-20(21(23)8-18)16-4-2-15(3-5-16)10-27-11-17(13-29)25-26-27;/h2-8,11,19,29H,9-10,12-13H2,1H3,(H,24,30);1H/t19-;/m0./s1. The fourth-order valence-corrected chi connectivity index (χ4v) is 3.47. The Balaban J connectivity index is 0.00000306. The van der Waals surface area contributed by atoms with Crippen LogP contribution in [-0.2, 0) is 22.7 Å². The minimum Gasteiger partial charge on any atom is -0.442 e. The van der Waals surface area contributed by atoms with Crippen LogP contribution in [0.1, 0.15) is 19.6 Å². The maximum atomic E-state index is 14.9. The highest BCUT2D eigenvalue weighted by Gasteiger charge is 2.32. The number of anilines is 1. The summed E-state index contributed by atoms with van der Waals surface area (Å²) in [6.45, 7) is 2.13. The minimum absolute atomic E-state index is 0. The molecule has 0 bridgehead atoms. The quantitative estimate of drug-likeness (QED) is 0.583. The number of ether oxygens (including phenoxy) is 1. The van der Waals surface area contributed by atoms with Gasteiger partial charge in [0.1, 0.15) is 17.6 Å². The van der Waals surface area contributed by atoms with Gasteiger partial charge in [-0.3, -0.25) is 9.69 Å². The Labute approximate surface area is 184 Å². The smallest absolute Gasteiger partial charge is 0.414 e. The Morgan fingerprint density at radius 2 is 2.09 bits per heavy atom. The van der Waals surface area contributed by atoms with Gasteiger partial charge in [0, 0.05) is 13.9 Å². The minimum atomic E-state index is -0.575. The second-order valence-corrected chi connectivity index (χ2v) is 7.48. The van der Waals surface area contributed by atoms with Gasteiger partial charge in [0.25, 0.3) is 0 Å². The number of hydrogen-bond acceptors (Lipinski definition) is 6. The van der Waals surface area contributed by atoms with Crippen LogP contribution >= 0.6 is 0 Å². The molecular weight excluding hydrogens is 417 g/mol. The van der Waals surface area contributed by atoms with Crippen LogP contribution in [0.25, 0.3) is 11.1 Å². The average Bonchev–Trinajstić information content (AvgIpc) is 3.39. The van der Waals surface area contributed by atoms with Gasteiger partial charge in [-0.2, -0.15) is 0 Å². The first-order chi connectivity index (χ1) is 15.4. The number of nitrogens with zero attached hydrogens (tertiary/aromatic N) is 4. The predicted molar refractivity (Wildman–Crippen MR) is 115 cm³/mol. The summed E-state index contributed by atoms with van der Waals surface area (Å²) < 4.78 is 21.7. The molecule has 10 heteroatoms. The molecule has 2 amide bonds. The summed E-state index contributed by atoms with van der Waals surface area (Å²) in [5.74, 6) is -0.672. The van der Waals surface area contributed by atoms with Gasteiger partial charge >= 0.3 is 6.09 Å². The zero-order chi connectivity index (χ0) is 22.7. The molecule has 4 rings (SSSR count). The van der Waals surface area contributed by atoms with E-state index in [0.29, 0.717) is 29.1 Å². The number of benzene rings is 2. The van der Waals surface area contributed by atoms with E-state index in [-0.39, 0.29) is 27.0 Å². The maximum absolute atomic E-state index is 14.9. The number of hydrogen-bond donors (Lipinski definition) is 2. The van der Waals surface area contributed by atoms with Gasteiger partial charge < -0.3 is 15.2 Å². The molecule has 1 aromatic heterocycles. The van der Waals surface area contributed by atoms with Crippen LogP contribution < -0.4 is 10.2 Å². The van der Waals surface area contributed by atoms with Crippen LogP contribution in [0.4, 0.5) is 14.9 Å². The largest absolute Gasteiger partial charge is 0.442 e. The van der Waals surface area contributed by atoms with E-state index in [4.69, 9.17) is 9.84 Å². The summed E-state index contributed by atoms with van der Waals surface area (Å²) in [5, 5.41) is 19.5. The molecule has 3 aromatic rings. The van der Waals surface area contributed by atoms with E-state index in [2.05, 4.69) is 15.6 Å². The number of halogens is 1. The molecule has 2 aromatic carbocycles. The number of rotatable bonds is 7. The number of carbonyl (C=O) groups is 2. The van der Waals surface area contributed by atoms with Crippen molar-refractivity contribution in [3.8, 4) is 11.1 Å². The highest BCUT2D eigenvalue weighted by molar-refractivity contribution is 5.90. The highest BCUT2D eigenvalue weighted by atomic mass is 19.1. The molecule has 1 atom stereocenters. The number of aliphatic hydroxyl groups is 1. The van der Waals surface area contributed by atoms with Gasteiger partial charge in [-0.05, 0) is 29.3 Å². The van der Waals surface area contributed by atoms with Crippen molar-refractivity contribution >= 4 is 17.7 Å². The van der Waals surface area contributed by atoms with Gasteiger partial charge in [-0.1, -0.05) is 29.5 Å². The Hall–Kier alpha value is -3.79. The molecule has 9 nitrogen and oxygen atoms in total. The van der Waals surface area contributed by atoms with E-state index >= 15 is 0 Å². The first-order valence-electron chi connectivity index (χ1n) is 10.0. The summed E-state index contributed by atoms with van der Waals surface area (Å²) in [4.78, 5) is 24.5. The van der Waals surface area contributed by atoms with Crippen LogP contribution in [0, 0.1) is 5.82 Å². The zero-order valence-corrected chi connectivity index (χ0v) is 17.4. The molecule has 32 heavy (non-hydrogen) atoms. The predicted octanol–water partition coefficient (Wildman–Crippen LogP) is 2.33. The summed E-state index contributed by atoms with van der Waals surface area (Å²) in [5.41, 5.74) is 2.94. The van der Waals surface area contributed by atoms with Gasteiger partial charge in [-0.25, -0.2) is 13.9 Å². The topological polar surface area (TPSA) is 110 Å². The Morgan fingerprint density at radius 3 is 2.75 bits per heavy atom. The van der Waals surface area contributed by atoms with Crippen molar-refractivity contribution in [2.75, 3.05) is 18.0 Å². The third-order valence-electron chi connectivity index (χ3n) is 5.07. The molecule has 0 saturated carbocycles. The number of aromatic nitrogens is 3. The number of amides is 2. The summed E-state index contributed by atoms with van der Waals surface area (Å²) in [7, 11) is 0. The molecule has 1 saturated heterocycles. The lowest BCUT2D eigenvalue weighted by Gasteiger charge is -2.14. The lowest BCUT2D eigenvalue weighted by atomic mass is 10.0. The normalized spacial score (nSPS) is 15.7. The average molecular weight is 441 g/mol. The van der Waals surface area contributed by atoms with Crippen LogP contribution in [0.5, 0.6) is 0 Å². The monoisotopic (exact) mass is 441 g/mol. The summed E-state index contributed by atoms with van der Waals surface area (Å²) in [6.07, 6.45) is 0.602. The maximum Gasteiger partial charge on any atom is 0.414 e. The van der Waals surface area contributed by atoms with Gasteiger partial charge in [0.15, 0.2) is 0 Å². The highest BCUT2D eigenvalue weighted by Crippen LogP contribution is 2.29. The van der Waals surface area contributed by atoms with Crippen molar-refractivity contribution < 1.29 is 25.2 Å². The van der Waals surface area contributed by atoms with Crippen LogP contribution in [0.3, 0.4) is 0 Å². The van der Waals surface area contributed by atoms with Crippen molar-refractivity contribution in [3.05, 3.63) is 65.7 Å². The van der Waals surface area contributed by atoms with Gasteiger partial charge in [-0.15, -0.1) is 5.10 Å². The van der Waals surface area contributed by atoms with E-state index in [1.165, 1.54) is 17.9 Å². The lowest BCUT2D eigenvalue weighted by Crippen LogP contribution is -2.33. The molecule has 0 unspecified atom stereocenters. The first kappa shape index (κ1) is 21.4. The van der Waals surface area contributed by atoms with Crippen molar-refractivity contribution in [1.82, 2.24) is 20.3 Å². The number of nitrogens with one attached hydrogen (secondary N) is 1. The fraction of sp³-hybridized carbons (Fsp3) is 0.273. The van der Waals surface area contributed by atoms with Crippen molar-refractivity contribution in [3.63, 3.8) is 0 Å². The third-order valence-corrected chi connectivity index (χ3v) is 5.07. The van der Waals surface area contributed by atoms with E-state index < -0.39 is 18.0 Å². The summed E-state index contributed by atoms with van der Waals surface area (Å²) >= 11 is 0. The fourth-order valence-electron chi connectivity index (χ4n) is 3.47. The molecule has 168 valence electrons.